The van der Waals surface area contributed by atoms with Crippen molar-refractivity contribution in [1.29, 1.82) is 0 Å². The molecule has 0 atom stereocenters. The van der Waals surface area contributed by atoms with Crippen molar-refractivity contribution < 1.29 is 8.91 Å². The second-order valence-electron chi connectivity index (χ2n) is 4.74. The van der Waals surface area contributed by atoms with Crippen LogP contribution in [0.3, 0.4) is 0 Å². The standard InChI is InChI=1S/C15H20FN5OS/c1-11-20-14(21-22-11)10-19-15(17-2)18-8-3-9-23-13-6-4-12(16)5-7-13/h4-7H,3,8-10H2,1-2H3,(H2,17,18,19). The third-order valence-corrected chi connectivity index (χ3v) is 4.00. The third kappa shape index (κ3) is 6.27. The molecule has 0 unspecified atom stereocenters. The van der Waals surface area contributed by atoms with Crippen molar-refractivity contribution in [2.24, 2.45) is 4.99 Å². The zero-order valence-electron chi connectivity index (χ0n) is 13.2. The first kappa shape index (κ1) is 17.3. The van der Waals surface area contributed by atoms with E-state index in [-0.39, 0.29) is 5.82 Å². The first-order valence-electron chi connectivity index (χ1n) is 7.29. The number of thioether (sulfide) groups is 1. The normalized spacial score (nSPS) is 11.5. The molecule has 0 aliphatic heterocycles. The molecule has 2 rings (SSSR count). The number of nitrogens with zero attached hydrogens (tertiary/aromatic N) is 3. The fraction of sp³-hybridized carbons (Fsp3) is 0.400. The number of guanidine groups is 1. The summed E-state index contributed by atoms with van der Waals surface area (Å²) in [6, 6.07) is 6.54. The maximum Gasteiger partial charge on any atom is 0.223 e. The second-order valence-corrected chi connectivity index (χ2v) is 5.91. The van der Waals surface area contributed by atoms with E-state index in [4.69, 9.17) is 4.52 Å². The van der Waals surface area contributed by atoms with E-state index in [0.29, 0.717) is 24.2 Å². The largest absolute Gasteiger partial charge is 0.356 e. The lowest BCUT2D eigenvalue weighted by molar-refractivity contribution is 0.387. The van der Waals surface area contributed by atoms with Crippen molar-refractivity contribution in [3.63, 3.8) is 0 Å². The molecule has 0 fully saturated rings. The van der Waals surface area contributed by atoms with Crippen LogP contribution >= 0.6 is 11.8 Å². The average Bonchev–Trinajstić information content (AvgIpc) is 2.97. The van der Waals surface area contributed by atoms with Gasteiger partial charge in [-0.3, -0.25) is 4.99 Å². The summed E-state index contributed by atoms with van der Waals surface area (Å²) in [7, 11) is 1.71. The minimum Gasteiger partial charge on any atom is -0.356 e. The van der Waals surface area contributed by atoms with Crippen molar-refractivity contribution in [1.82, 2.24) is 20.8 Å². The molecule has 0 saturated heterocycles. The van der Waals surface area contributed by atoms with Gasteiger partial charge in [-0.15, -0.1) is 11.8 Å². The van der Waals surface area contributed by atoms with Crippen LogP contribution in [-0.2, 0) is 6.54 Å². The molecular formula is C15H20FN5OS. The van der Waals surface area contributed by atoms with Crippen LogP contribution in [-0.4, -0.2) is 35.4 Å². The molecule has 6 nitrogen and oxygen atoms in total. The van der Waals surface area contributed by atoms with E-state index in [1.807, 2.05) is 0 Å². The maximum absolute atomic E-state index is 12.8. The van der Waals surface area contributed by atoms with Gasteiger partial charge in [-0.25, -0.2) is 4.39 Å². The highest BCUT2D eigenvalue weighted by molar-refractivity contribution is 7.99. The molecule has 0 bridgehead atoms. The van der Waals surface area contributed by atoms with Crippen molar-refractivity contribution >= 4 is 17.7 Å². The van der Waals surface area contributed by atoms with E-state index in [1.165, 1.54) is 12.1 Å². The summed E-state index contributed by atoms with van der Waals surface area (Å²) in [5, 5.41) is 10.2. The maximum atomic E-state index is 12.8. The monoisotopic (exact) mass is 337 g/mol. The predicted octanol–water partition coefficient (Wildman–Crippen LogP) is 2.36. The molecular weight excluding hydrogens is 317 g/mol. The Morgan fingerprint density at radius 1 is 1.30 bits per heavy atom. The number of hydrogen-bond donors (Lipinski definition) is 2. The van der Waals surface area contributed by atoms with Gasteiger partial charge in [0.05, 0.1) is 6.54 Å². The first-order chi connectivity index (χ1) is 11.2. The van der Waals surface area contributed by atoms with E-state index < -0.39 is 0 Å². The SMILES string of the molecule is CN=C(NCCCSc1ccc(F)cc1)NCc1noc(C)n1. The van der Waals surface area contributed by atoms with Gasteiger partial charge in [0.2, 0.25) is 5.89 Å². The number of aliphatic imine (C=N–C) groups is 1. The number of halogens is 1. The third-order valence-electron chi connectivity index (χ3n) is 2.90. The second kappa shape index (κ2) is 9.14. The number of aromatic nitrogens is 2. The molecule has 2 N–H and O–H groups in total. The van der Waals surface area contributed by atoms with Crippen molar-refractivity contribution in [2.75, 3.05) is 19.3 Å². The number of hydrogen-bond acceptors (Lipinski definition) is 5. The van der Waals surface area contributed by atoms with Gasteiger partial charge in [-0.2, -0.15) is 4.98 Å². The van der Waals surface area contributed by atoms with Gasteiger partial charge in [-0.1, -0.05) is 5.16 Å². The average molecular weight is 337 g/mol. The summed E-state index contributed by atoms with van der Waals surface area (Å²) in [6.45, 7) is 3.00. The zero-order chi connectivity index (χ0) is 16.5. The van der Waals surface area contributed by atoms with Gasteiger partial charge in [0, 0.05) is 25.4 Å². The highest BCUT2D eigenvalue weighted by Crippen LogP contribution is 2.18. The minimum atomic E-state index is -0.206. The van der Waals surface area contributed by atoms with Crippen LogP contribution in [0.1, 0.15) is 18.1 Å². The van der Waals surface area contributed by atoms with E-state index in [1.54, 1.807) is 37.9 Å². The minimum absolute atomic E-state index is 0.206. The molecule has 0 spiro atoms. The van der Waals surface area contributed by atoms with Crippen molar-refractivity contribution in [3.05, 3.63) is 41.8 Å². The molecule has 124 valence electrons. The lowest BCUT2D eigenvalue weighted by atomic mass is 10.4. The summed E-state index contributed by atoms with van der Waals surface area (Å²) in [5.41, 5.74) is 0. The summed E-state index contributed by atoms with van der Waals surface area (Å²) < 4.78 is 17.7. The fourth-order valence-corrected chi connectivity index (χ4v) is 2.65. The molecule has 0 amide bonds. The Hall–Kier alpha value is -2.09. The lowest BCUT2D eigenvalue weighted by Crippen LogP contribution is -2.37. The smallest absolute Gasteiger partial charge is 0.223 e. The van der Waals surface area contributed by atoms with E-state index in [9.17, 15) is 4.39 Å². The van der Waals surface area contributed by atoms with Gasteiger partial charge in [0.15, 0.2) is 11.8 Å². The summed E-state index contributed by atoms with van der Waals surface area (Å²) in [6.07, 6.45) is 0.962. The summed E-state index contributed by atoms with van der Waals surface area (Å²) in [5.74, 6) is 2.57. The molecule has 0 saturated carbocycles. The van der Waals surface area contributed by atoms with Gasteiger partial charge in [-0.05, 0) is 36.4 Å². The van der Waals surface area contributed by atoms with Crippen LogP contribution < -0.4 is 10.6 Å². The fourth-order valence-electron chi connectivity index (χ4n) is 1.80. The van der Waals surface area contributed by atoms with Crippen LogP contribution in [0.4, 0.5) is 4.39 Å². The highest BCUT2D eigenvalue weighted by Gasteiger charge is 2.03. The Morgan fingerprint density at radius 3 is 2.74 bits per heavy atom. The van der Waals surface area contributed by atoms with Crippen LogP contribution in [0.5, 0.6) is 0 Å². The van der Waals surface area contributed by atoms with Gasteiger partial charge >= 0.3 is 0 Å². The first-order valence-corrected chi connectivity index (χ1v) is 8.28. The Bertz CT molecular complexity index is 629. The predicted molar refractivity (Wildman–Crippen MR) is 89.0 cm³/mol. The molecule has 23 heavy (non-hydrogen) atoms. The van der Waals surface area contributed by atoms with E-state index in [2.05, 4.69) is 25.8 Å². The molecule has 1 aromatic heterocycles. The summed E-state index contributed by atoms with van der Waals surface area (Å²) in [4.78, 5) is 9.32. The highest BCUT2D eigenvalue weighted by atomic mass is 32.2. The van der Waals surface area contributed by atoms with Gasteiger partial charge < -0.3 is 15.2 Å². The molecule has 1 heterocycles. The van der Waals surface area contributed by atoms with Crippen LogP contribution in [0.15, 0.2) is 38.7 Å². The molecule has 1 aromatic carbocycles. The van der Waals surface area contributed by atoms with Gasteiger partial charge in [0.1, 0.15) is 5.82 Å². The Morgan fingerprint density at radius 2 is 2.09 bits per heavy atom. The molecule has 8 heteroatoms. The number of nitrogens with one attached hydrogen (secondary N) is 2. The number of aryl methyl sites for hydroxylation is 1. The van der Waals surface area contributed by atoms with Crippen LogP contribution in [0.2, 0.25) is 0 Å². The lowest BCUT2D eigenvalue weighted by Gasteiger charge is -2.10. The van der Waals surface area contributed by atoms with Gasteiger partial charge in [0.25, 0.3) is 0 Å². The Kier molecular flexibility index (Phi) is 6.86. The molecule has 2 aromatic rings. The van der Waals surface area contributed by atoms with Crippen molar-refractivity contribution in [2.45, 2.75) is 24.8 Å². The Labute approximate surface area is 139 Å². The zero-order valence-corrected chi connectivity index (χ0v) is 14.0. The molecule has 0 radical (unpaired) electrons. The van der Waals surface area contributed by atoms with Crippen LogP contribution in [0, 0.1) is 12.7 Å². The molecule has 0 aliphatic carbocycles. The van der Waals surface area contributed by atoms with E-state index in [0.717, 1.165) is 23.6 Å². The van der Waals surface area contributed by atoms with E-state index >= 15 is 0 Å². The summed E-state index contributed by atoms with van der Waals surface area (Å²) >= 11 is 1.70. The number of rotatable bonds is 7. The topological polar surface area (TPSA) is 75.3 Å². The Balaban J connectivity index is 1.61. The van der Waals surface area contributed by atoms with Crippen LogP contribution in [0.25, 0.3) is 0 Å². The molecule has 0 aliphatic rings. The quantitative estimate of drug-likeness (QED) is 0.350. The van der Waals surface area contributed by atoms with Crippen molar-refractivity contribution in [3.8, 4) is 0 Å². The number of benzene rings is 1.